The number of carboxylic acid groups (broad SMARTS) is 1. The Bertz CT molecular complexity index is 947. The van der Waals surface area contributed by atoms with Crippen molar-refractivity contribution in [3.8, 4) is 0 Å². The molecule has 3 rings (SSSR count). The molecule has 1 aliphatic rings. The van der Waals surface area contributed by atoms with Crippen molar-refractivity contribution in [1.82, 2.24) is 4.98 Å². The zero-order valence-electron chi connectivity index (χ0n) is 16.7. The van der Waals surface area contributed by atoms with Crippen LogP contribution < -0.4 is 0 Å². The third-order valence-corrected chi connectivity index (χ3v) is 6.11. The van der Waals surface area contributed by atoms with E-state index in [4.69, 9.17) is 14.4 Å². The third-order valence-electron chi connectivity index (χ3n) is 5.23. The number of aromatic nitrogens is 1. The summed E-state index contributed by atoms with van der Waals surface area (Å²) in [6, 6.07) is 7.26. The number of hydrogen-bond donors (Lipinski definition) is 2. The van der Waals surface area contributed by atoms with E-state index in [1.807, 2.05) is 52.0 Å². The molecule has 28 heavy (non-hydrogen) atoms. The summed E-state index contributed by atoms with van der Waals surface area (Å²) in [7, 11) is -0.550. The molecule has 6 nitrogen and oxygen atoms in total. The molecule has 1 fully saturated rings. The van der Waals surface area contributed by atoms with Crippen molar-refractivity contribution in [2.45, 2.75) is 45.8 Å². The van der Waals surface area contributed by atoms with Gasteiger partial charge in [-0.1, -0.05) is 30.0 Å². The molecule has 1 aromatic carbocycles. The van der Waals surface area contributed by atoms with Crippen LogP contribution in [0.5, 0.6) is 0 Å². The summed E-state index contributed by atoms with van der Waals surface area (Å²) in [4.78, 5) is 25.6. The number of thioether (sulfide) groups is 1. The Morgan fingerprint density at radius 3 is 2.39 bits per heavy atom. The largest absolute Gasteiger partial charge is 0.491 e. The number of carbonyl (C=O) groups excluding carboxylic acids is 1. The van der Waals surface area contributed by atoms with E-state index in [-0.39, 0.29) is 10.8 Å². The number of aromatic amines is 1. The number of fused-ring (bicyclic) bond motifs is 1. The van der Waals surface area contributed by atoms with Crippen molar-refractivity contribution >= 4 is 46.9 Å². The van der Waals surface area contributed by atoms with Crippen LogP contribution in [-0.4, -0.2) is 45.2 Å². The first-order chi connectivity index (χ1) is 13.0. The minimum absolute atomic E-state index is 0.0216. The summed E-state index contributed by atoms with van der Waals surface area (Å²) in [5, 5.41) is 10.00. The van der Waals surface area contributed by atoms with E-state index in [0.717, 1.165) is 21.9 Å². The van der Waals surface area contributed by atoms with Crippen LogP contribution >= 0.6 is 11.8 Å². The van der Waals surface area contributed by atoms with Gasteiger partial charge in [0.05, 0.1) is 11.2 Å². The van der Waals surface area contributed by atoms with Crippen LogP contribution in [0, 0.1) is 0 Å². The lowest BCUT2D eigenvalue weighted by atomic mass is 9.78. The minimum atomic E-state index is -0.996. The summed E-state index contributed by atoms with van der Waals surface area (Å²) < 4.78 is 12.3. The Morgan fingerprint density at radius 2 is 1.82 bits per heavy atom. The molecule has 0 spiro atoms. The topological polar surface area (TPSA) is 88.6 Å². The van der Waals surface area contributed by atoms with Crippen molar-refractivity contribution < 1.29 is 24.0 Å². The van der Waals surface area contributed by atoms with Crippen LogP contribution in [0.4, 0.5) is 0 Å². The normalized spacial score (nSPS) is 18.6. The van der Waals surface area contributed by atoms with Crippen LogP contribution in [0.3, 0.4) is 0 Å². The Balaban J connectivity index is 1.95. The van der Waals surface area contributed by atoms with E-state index in [1.54, 1.807) is 6.07 Å². The van der Waals surface area contributed by atoms with Crippen LogP contribution in [0.2, 0.25) is 0 Å². The van der Waals surface area contributed by atoms with E-state index in [2.05, 4.69) is 4.98 Å². The molecule has 2 aromatic rings. The monoisotopic (exact) mass is 401 g/mol. The number of benzene rings is 1. The Hall–Kier alpha value is -2.03. The molecule has 0 amide bonds. The van der Waals surface area contributed by atoms with E-state index >= 15 is 0 Å². The van der Waals surface area contributed by atoms with E-state index in [1.165, 1.54) is 18.7 Å². The maximum absolute atomic E-state index is 11.5. The smallest absolute Gasteiger partial charge is 0.477 e. The summed E-state index contributed by atoms with van der Waals surface area (Å²) in [6.07, 6.45) is 1.94. The van der Waals surface area contributed by atoms with Crippen LogP contribution in [-0.2, 0) is 14.1 Å². The molecule has 0 saturated carbocycles. The Kier molecular flexibility index (Phi) is 5.49. The third kappa shape index (κ3) is 4.19. The SMILES string of the molecule is CC(=O)SCC(=Cc1ccc2cc(C(=O)O)[nH]c2c1)B1OC(C)(C)C(C)(C)O1. The van der Waals surface area contributed by atoms with Crippen molar-refractivity contribution in [1.29, 1.82) is 0 Å². The minimum Gasteiger partial charge on any atom is -0.477 e. The van der Waals surface area contributed by atoms with Gasteiger partial charge >= 0.3 is 13.1 Å². The summed E-state index contributed by atoms with van der Waals surface area (Å²) in [5.41, 5.74) is 1.66. The number of carboxylic acids is 1. The van der Waals surface area contributed by atoms with Gasteiger partial charge in [-0.15, -0.1) is 0 Å². The predicted molar refractivity (Wildman–Crippen MR) is 112 cm³/mol. The van der Waals surface area contributed by atoms with Crippen molar-refractivity contribution in [3.63, 3.8) is 0 Å². The lowest BCUT2D eigenvalue weighted by Gasteiger charge is -2.32. The highest BCUT2D eigenvalue weighted by atomic mass is 32.2. The summed E-state index contributed by atoms with van der Waals surface area (Å²) in [6.45, 7) is 9.48. The van der Waals surface area contributed by atoms with Gasteiger partial charge in [0.25, 0.3) is 0 Å². The molecule has 1 aromatic heterocycles. The van der Waals surface area contributed by atoms with Crippen molar-refractivity contribution in [2.24, 2.45) is 0 Å². The molecule has 148 valence electrons. The fourth-order valence-corrected chi connectivity index (χ4v) is 3.51. The fraction of sp³-hybridized carbons (Fsp3) is 0.400. The van der Waals surface area contributed by atoms with Gasteiger partial charge in [-0.25, -0.2) is 4.79 Å². The zero-order chi connectivity index (χ0) is 20.7. The second kappa shape index (κ2) is 7.42. The number of nitrogens with one attached hydrogen (secondary N) is 1. The van der Waals surface area contributed by atoms with Gasteiger partial charge in [0.2, 0.25) is 0 Å². The molecule has 1 aliphatic heterocycles. The molecule has 1 saturated heterocycles. The van der Waals surface area contributed by atoms with Crippen LogP contribution in [0.15, 0.2) is 29.7 Å². The maximum atomic E-state index is 11.5. The molecular weight excluding hydrogens is 377 g/mol. The fourth-order valence-electron chi connectivity index (χ4n) is 2.92. The van der Waals surface area contributed by atoms with Gasteiger partial charge < -0.3 is 19.4 Å². The zero-order valence-corrected chi connectivity index (χ0v) is 17.5. The van der Waals surface area contributed by atoms with Gasteiger partial charge in [0, 0.05) is 23.6 Å². The number of rotatable bonds is 5. The van der Waals surface area contributed by atoms with E-state index in [9.17, 15) is 9.59 Å². The standard InChI is InChI=1S/C20H24BNO5S/c1-12(23)28-11-15(21-26-19(2,3)20(4,5)27-21)8-13-6-7-14-10-17(18(24)25)22-16(14)9-13/h6-10,22H,11H2,1-5H3,(H,24,25). The Labute approximate surface area is 168 Å². The average Bonchev–Trinajstić information content (AvgIpc) is 3.09. The van der Waals surface area contributed by atoms with Gasteiger partial charge in [-0.2, -0.15) is 0 Å². The number of hydrogen-bond acceptors (Lipinski definition) is 5. The second-order valence-corrected chi connectivity index (χ2v) is 9.07. The highest BCUT2D eigenvalue weighted by Crippen LogP contribution is 2.39. The predicted octanol–water partition coefficient (Wildman–Crippen LogP) is 4.16. The highest BCUT2D eigenvalue weighted by molar-refractivity contribution is 8.13. The Morgan fingerprint density at radius 1 is 1.18 bits per heavy atom. The first-order valence-corrected chi connectivity index (χ1v) is 10.0. The molecule has 2 heterocycles. The van der Waals surface area contributed by atoms with E-state index < -0.39 is 24.3 Å². The molecule has 8 heteroatoms. The van der Waals surface area contributed by atoms with Crippen molar-refractivity contribution in [3.05, 3.63) is 41.0 Å². The van der Waals surface area contributed by atoms with Gasteiger partial charge in [0.1, 0.15) is 5.69 Å². The van der Waals surface area contributed by atoms with Gasteiger partial charge in [-0.05, 0) is 50.9 Å². The first kappa shape index (κ1) is 20.7. The first-order valence-electron chi connectivity index (χ1n) is 9.04. The van der Waals surface area contributed by atoms with Crippen molar-refractivity contribution in [2.75, 3.05) is 5.75 Å². The molecule has 0 bridgehead atoms. The lowest BCUT2D eigenvalue weighted by Crippen LogP contribution is -2.41. The van der Waals surface area contributed by atoms with Gasteiger partial charge in [0.15, 0.2) is 5.12 Å². The molecule has 0 atom stereocenters. The molecule has 0 unspecified atom stereocenters. The van der Waals surface area contributed by atoms with Gasteiger partial charge in [-0.3, -0.25) is 4.79 Å². The summed E-state index contributed by atoms with van der Waals surface area (Å²) >= 11 is 1.20. The van der Waals surface area contributed by atoms with Crippen LogP contribution in [0.25, 0.3) is 17.0 Å². The van der Waals surface area contributed by atoms with Crippen LogP contribution in [0.1, 0.15) is 50.7 Å². The highest BCUT2D eigenvalue weighted by Gasteiger charge is 2.52. The molecule has 2 N–H and O–H groups in total. The molecular formula is C20H24BNO5S. The number of H-pyrrole nitrogens is 1. The molecule has 0 radical (unpaired) electrons. The number of aromatic carboxylic acids is 1. The average molecular weight is 401 g/mol. The maximum Gasteiger partial charge on any atom is 0.491 e. The van der Waals surface area contributed by atoms with E-state index in [0.29, 0.717) is 5.75 Å². The second-order valence-electron chi connectivity index (χ2n) is 7.92. The number of carbonyl (C=O) groups is 2. The summed E-state index contributed by atoms with van der Waals surface area (Å²) in [5.74, 6) is -0.543. The lowest BCUT2D eigenvalue weighted by molar-refractivity contribution is -0.109. The quantitative estimate of drug-likeness (QED) is 0.732. The molecule has 0 aliphatic carbocycles.